The lowest BCUT2D eigenvalue weighted by Crippen LogP contribution is -2.05. The van der Waals surface area contributed by atoms with E-state index in [0.717, 1.165) is 16.6 Å². The van der Waals surface area contributed by atoms with Crippen LogP contribution in [0.2, 0.25) is 0 Å². The average Bonchev–Trinajstić information content (AvgIpc) is 3.01. The lowest BCUT2D eigenvalue weighted by molar-refractivity contribution is 0.414. The van der Waals surface area contributed by atoms with Crippen LogP contribution < -0.4 is 10.3 Å². The van der Waals surface area contributed by atoms with E-state index < -0.39 is 0 Å². The predicted octanol–water partition coefficient (Wildman–Crippen LogP) is 2.90. The van der Waals surface area contributed by atoms with Crippen LogP contribution in [0.3, 0.4) is 0 Å². The zero-order chi connectivity index (χ0) is 17.4. The fourth-order valence-corrected chi connectivity index (χ4v) is 2.70. The Kier molecular flexibility index (Phi) is 3.53. The summed E-state index contributed by atoms with van der Waals surface area (Å²) in [5.74, 6) is 0.349. The summed E-state index contributed by atoms with van der Waals surface area (Å²) in [5, 5.41) is 11.2. The highest BCUT2D eigenvalue weighted by atomic mass is 19.1. The van der Waals surface area contributed by atoms with Gasteiger partial charge in [-0.2, -0.15) is 10.2 Å². The van der Waals surface area contributed by atoms with Crippen molar-refractivity contribution in [3.05, 3.63) is 70.9 Å². The Morgan fingerprint density at radius 1 is 1.12 bits per heavy atom. The molecule has 25 heavy (non-hydrogen) atoms. The number of hydrogen-bond acceptors (Lipinski definition) is 4. The molecule has 0 aliphatic carbocycles. The van der Waals surface area contributed by atoms with Crippen molar-refractivity contribution in [2.45, 2.75) is 0 Å². The van der Waals surface area contributed by atoms with Crippen LogP contribution >= 0.6 is 0 Å². The highest BCUT2D eigenvalue weighted by molar-refractivity contribution is 5.91. The molecule has 1 aromatic carbocycles. The Balaban J connectivity index is 2.04. The van der Waals surface area contributed by atoms with Crippen LogP contribution in [-0.2, 0) is 0 Å². The number of H-pyrrole nitrogens is 1. The van der Waals surface area contributed by atoms with Crippen LogP contribution in [0.15, 0.2) is 59.5 Å². The van der Waals surface area contributed by atoms with Gasteiger partial charge in [0.15, 0.2) is 0 Å². The van der Waals surface area contributed by atoms with E-state index in [1.54, 1.807) is 42.1 Å². The smallest absolute Gasteiger partial charge is 0.264 e. The fraction of sp³-hybridized carbons (Fsp3) is 0.0556. The van der Waals surface area contributed by atoms with Gasteiger partial charge in [0.1, 0.15) is 17.3 Å². The zero-order valence-corrected chi connectivity index (χ0v) is 13.2. The first-order valence-electron chi connectivity index (χ1n) is 7.54. The van der Waals surface area contributed by atoms with Crippen LogP contribution in [0.4, 0.5) is 4.39 Å². The van der Waals surface area contributed by atoms with E-state index in [9.17, 15) is 9.18 Å². The van der Waals surface area contributed by atoms with E-state index in [0.29, 0.717) is 17.1 Å². The standard InChI is InChI=1S/C18H13FN4O2/c1-25-13-8-9-23-15(10-13)17(14-6-7-16(24)21-20-14)18(22-23)11-2-4-12(19)5-3-11/h2-10H,1H3,(H,21,24). The summed E-state index contributed by atoms with van der Waals surface area (Å²) in [4.78, 5) is 11.3. The number of rotatable bonds is 3. The normalized spacial score (nSPS) is 11.0. The van der Waals surface area contributed by atoms with Gasteiger partial charge in [-0.1, -0.05) is 0 Å². The predicted molar refractivity (Wildman–Crippen MR) is 91.0 cm³/mol. The second-order valence-corrected chi connectivity index (χ2v) is 5.43. The average molecular weight is 336 g/mol. The second-order valence-electron chi connectivity index (χ2n) is 5.43. The quantitative estimate of drug-likeness (QED) is 0.624. The summed E-state index contributed by atoms with van der Waals surface area (Å²) in [6.45, 7) is 0. The molecule has 0 amide bonds. The number of ether oxygens (including phenoxy) is 1. The van der Waals surface area contributed by atoms with Crippen molar-refractivity contribution < 1.29 is 9.13 Å². The van der Waals surface area contributed by atoms with Gasteiger partial charge in [-0.25, -0.2) is 14.0 Å². The Bertz CT molecular complexity index is 1100. The van der Waals surface area contributed by atoms with Gasteiger partial charge in [0, 0.05) is 23.9 Å². The van der Waals surface area contributed by atoms with Crippen molar-refractivity contribution >= 4 is 5.52 Å². The molecule has 0 radical (unpaired) electrons. The molecule has 124 valence electrons. The van der Waals surface area contributed by atoms with Gasteiger partial charge in [0.05, 0.1) is 23.9 Å². The molecule has 3 heterocycles. The van der Waals surface area contributed by atoms with Gasteiger partial charge in [0.25, 0.3) is 5.56 Å². The van der Waals surface area contributed by atoms with E-state index >= 15 is 0 Å². The molecule has 0 saturated carbocycles. The Hall–Kier alpha value is -3.48. The highest BCUT2D eigenvalue weighted by Gasteiger charge is 2.18. The number of nitrogens with zero attached hydrogens (tertiary/aromatic N) is 3. The summed E-state index contributed by atoms with van der Waals surface area (Å²) >= 11 is 0. The van der Waals surface area contributed by atoms with Gasteiger partial charge in [-0.15, -0.1) is 0 Å². The molecule has 0 aliphatic rings. The topological polar surface area (TPSA) is 72.3 Å². The largest absolute Gasteiger partial charge is 0.497 e. The second kappa shape index (κ2) is 5.86. The molecular formula is C18H13FN4O2. The molecule has 6 nitrogen and oxygen atoms in total. The number of nitrogens with one attached hydrogen (secondary N) is 1. The van der Waals surface area contributed by atoms with Crippen molar-refractivity contribution in [2.24, 2.45) is 0 Å². The monoisotopic (exact) mass is 336 g/mol. The molecular weight excluding hydrogens is 323 g/mol. The van der Waals surface area contributed by atoms with Crippen LogP contribution in [0.5, 0.6) is 5.75 Å². The third-order valence-corrected chi connectivity index (χ3v) is 3.90. The molecule has 0 fully saturated rings. The summed E-state index contributed by atoms with van der Waals surface area (Å²) in [6.07, 6.45) is 1.77. The number of benzene rings is 1. The van der Waals surface area contributed by atoms with Gasteiger partial charge in [0.2, 0.25) is 0 Å². The van der Waals surface area contributed by atoms with Crippen LogP contribution in [-0.4, -0.2) is 26.9 Å². The maximum atomic E-state index is 13.3. The molecule has 3 aromatic heterocycles. The Labute approximate surface area is 141 Å². The van der Waals surface area contributed by atoms with Crippen LogP contribution in [0, 0.1) is 5.82 Å². The van der Waals surface area contributed by atoms with Crippen LogP contribution in [0.25, 0.3) is 28.0 Å². The first-order valence-corrected chi connectivity index (χ1v) is 7.54. The third-order valence-electron chi connectivity index (χ3n) is 3.90. The molecule has 1 N–H and O–H groups in total. The maximum absolute atomic E-state index is 13.3. The zero-order valence-electron chi connectivity index (χ0n) is 13.2. The molecule has 0 spiro atoms. The number of fused-ring (bicyclic) bond motifs is 1. The van der Waals surface area contributed by atoms with E-state index in [1.165, 1.54) is 18.2 Å². The van der Waals surface area contributed by atoms with Crippen molar-refractivity contribution in [1.29, 1.82) is 0 Å². The molecule has 0 bridgehead atoms. The van der Waals surface area contributed by atoms with Gasteiger partial charge >= 0.3 is 0 Å². The van der Waals surface area contributed by atoms with Crippen molar-refractivity contribution in [3.8, 4) is 28.3 Å². The van der Waals surface area contributed by atoms with Crippen molar-refractivity contribution in [3.63, 3.8) is 0 Å². The highest BCUT2D eigenvalue weighted by Crippen LogP contribution is 2.34. The Morgan fingerprint density at radius 2 is 1.92 bits per heavy atom. The molecule has 0 saturated heterocycles. The lowest BCUT2D eigenvalue weighted by atomic mass is 10.0. The summed E-state index contributed by atoms with van der Waals surface area (Å²) < 4.78 is 20.3. The van der Waals surface area contributed by atoms with Gasteiger partial charge in [-0.3, -0.25) is 4.79 Å². The molecule has 0 atom stereocenters. The minimum Gasteiger partial charge on any atom is -0.497 e. The number of halogens is 1. The Morgan fingerprint density at radius 3 is 2.60 bits per heavy atom. The lowest BCUT2D eigenvalue weighted by Gasteiger charge is -2.04. The van der Waals surface area contributed by atoms with Gasteiger partial charge in [-0.05, 0) is 36.4 Å². The molecule has 0 aliphatic heterocycles. The maximum Gasteiger partial charge on any atom is 0.264 e. The van der Waals surface area contributed by atoms with Crippen molar-refractivity contribution in [1.82, 2.24) is 19.8 Å². The fourth-order valence-electron chi connectivity index (χ4n) is 2.70. The number of methoxy groups -OCH3 is 1. The van der Waals surface area contributed by atoms with E-state index in [2.05, 4.69) is 15.3 Å². The SMILES string of the molecule is COc1ccn2nc(-c3ccc(F)cc3)c(-c3ccc(=O)[nH]n3)c2c1. The first kappa shape index (κ1) is 15.1. The summed E-state index contributed by atoms with van der Waals surface area (Å²) in [5.41, 5.74) is 3.13. The third kappa shape index (κ3) is 2.65. The van der Waals surface area contributed by atoms with Gasteiger partial charge < -0.3 is 4.74 Å². The summed E-state index contributed by atoms with van der Waals surface area (Å²) in [7, 11) is 1.58. The molecule has 7 heteroatoms. The van der Waals surface area contributed by atoms with Crippen LogP contribution in [0.1, 0.15) is 0 Å². The molecule has 0 unspecified atom stereocenters. The van der Waals surface area contributed by atoms with E-state index in [1.807, 2.05) is 6.07 Å². The number of aromatic nitrogens is 4. The molecule has 4 aromatic rings. The first-order chi connectivity index (χ1) is 12.2. The van der Waals surface area contributed by atoms with E-state index in [-0.39, 0.29) is 11.4 Å². The minimum absolute atomic E-state index is 0.291. The summed E-state index contributed by atoms with van der Waals surface area (Å²) in [6, 6.07) is 12.7. The number of hydrogen-bond donors (Lipinski definition) is 1. The number of aromatic amines is 1. The van der Waals surface area contributed by atoms with E-state index in [4.69, 9.17) is 4.74 Å². The molecule has 4 rings (SSSR count). The number of pyridine rings is 1. The van der Waals surface area contributed by atoms with Crippen molar-refractivity contribution in [2.75, 3.05) is 7.11 Å². The minimum atomic E-state index is -0.321.